The Kier molecular flexibility index (Phi) is 6.41. The molecule has 138 valence electrons. The van der Waals surface area contributed by atoms with Crippen LogP contribution in [0.1, 0.15) is 11.1 Å². The molecule has 0 aliphatic rings. The van der Waals surface area contributed by atoms with Crippen LogP contribution in [0, 0.1) is 6.92 Å². The van der Waals surface area contributed by atoms with Crippen LogP contribution in [0.2, 0.25) is 0 Å². The van der Waals surface area contributed by atoms with Crippen LogP contribution in [0.3, 0.4) is 0 Å². The van der Waals surface area contributed by atoms with E-state index in [2.05, 4.69) is 35.4 Å². The summed E-state index contributed by atoms with van der Waals surface area (Å²) in [5, 5.41) is 2.87. The Bertz CT molecular complexity index is 864. The van der Waals surface area contributed by atoms with Crippen molar-refractivity contribution in [1.82, 2.24) is 10.3 Å². The first-order valence-electron chi connectivity index (χ1n) is 8.83. The molecule has 0 spiro atoms. The number of carbonyl (C=O) groups is 1. The first-order valence-corrected chi connectivity index (χ1v) is 8.83. The van der Waals surface area contributed by atoms with Crippen LogP contribution in [0.25, 0.3) is 0 Å². The zero-order valence-corrected chi connectivity index (χ0v) is 15.2. The van der Waals surface area contributed by atoms with Crippen molar-refractivity contribution in [2.24, 2.45) is 0 Å². The van der Waals surface area contributed by atoms with Gasteiger partial charge in [0.2, 0.25) is 5.88 Å². The van der Waals surface area contributed by atoms with E-state index in [0.29, 0.717) is 23.9 Å². The minimum absolute atomic E-state index is 0.0196. The van der Waals surface area contributed by atoms with Gasteiger partial charge in [0.15, 0.2) is 6.61 Å². The fourth-order valence-corrected chi connectivity index (χ4v) is 2.55. The molecule has 1 amide bonds. The molecule has 1 heterocycles. The molecule has 3 rings (SSSR count). The van der Waals surface area contributed by atoms with Crippen LogP contribution in [-0.2, 0) is 11.2 Å². The highest BCUT2D eigenvalue weighted by atomic mass is 16.5. The van der Waals surface area contributed by atoms with E-state index >= 15 is 0 Å². The number of hydrogen-bond acceptors (Lipinski definition) is 4. The van der Waals surface area contributed by atoms with Gasteiger partial charge < -0.3 is 14.8 Å². The molecule has 27 heavy (non-hydrogen) atoms. The number of pyridine rings is 1. The second-order valence-corrected chi connectivity index (χ2v) is 6.12. The molecule has 1 N–H and O–H groups in total. The summed E-state index contributed by atoms with van der Waals surface area (Å²) in [5.41, 5.74) is 2.43. The van der Waals surface area contributed by atoms with Gasteiger partial charge in [-0.1, -0.05) is 35.9 Å². The van der Waals surface area contributed by atoms with Crippen molar-refractivity contribution in [1.29, 1.82) is 0 Å². The predicted octanol–water partition coefficient (Wildman–Crippen LogP) is 3.92. The van der Waals surface area contributed by atoms with Gasteiger partial charge in [-0.3, -0.25) is 4.79 Å². The summed E-state index contributed by atoms with van der Waals surface area (Å²) in [4.78, 5) is 16.0. The van der Waals surface area contributed by atoms with Gasteiger partial charge in [-0.15, -0.1) is 0 Å². The summed E-state index contributed by atoms with van der Waals surface area (Å²) >= 11 is 0. The lowest BCUT2D eigenvalue weighted by Crippen LogP contribution is -2.30. The third-order valence-electron chi connectivity index (χ3n) is 3.87. The highest BCUT2D eigenvalue weighted by Crippen LogP contribution is 2.22. The Balaban J connectivity index is 1.39. The van der Waals surface area contributed by atoms with E-state index in [9.17, 15) is 4.79 Å². The monoisotopic (exact) mass is 362 g/mol. The van der Waals surface area contributed by atoms with Crippen LogP contribution in [0.4, 0.5) is 0 Å². The van der Waals surface area contributed by atoms with Gasteiger partial charge in [-0.25, -0.2) is 4.98 Å². The number of amides is 1. The zero-order valence-electron chi connectivity index (χ0n) is 15.2. The third kappa shape index (κ3) is 6.15. The number of rotatable bonds is 8. The number of ether oxygens (including phenoxy) is 2. The van der Waals surface area contributed by atoms with Crippen LogP contribution < -0.4 is 14.8 Å². The van der Waals surface area contributed by atoms with Crippen molar-refractivity contribution in [2.45, 2.75) is 13.3 Å². The van der Waals surface area contributed by atoms with E-state index in [4.69, 9.17) is 9.47 Å². The summed E-state index contributed by atoms with van der Waals surface area (Å²) in [6, 6.07) is 20.8. The van der Waals surface area contributed by atoms with Gasteiger partial charge in [0, 0.05) is 18.8 Å². The number of hydrogen-bond donors (Lipinski definition) is 1. The summed E-state index contributed by atoms with van der Waals surface area (Å²) in [5.74, 6) is 1.65. The highest BCUT2D eigenvalue weighted by Gasteiger charge is 2.04. The summed E-state index contributed by atoms with van der Waals surface area (Å²) in [7, 11) is 0. The van der Waals surface area contributed by atoms with E-state index in [1.54, 1.807) is 36.5 Å². The van der Waals surface area contributed by atoms with Crippen molar-refractivity contribution >= 4 is 5.91 Å². The molecule has 2 aromatic carbocycles. The largest absolute Gasteiger partial charge is 0.484 e. The Morgan fingerprint density at radius 3 is 2.56 bits per heavy atom. The lowest BCUT2D eigenvalue weighted by atomic mass is 10.1. The molecular weight excluding hydrogens is 340 g/mol. The number of aromatic nitrogens is 1. The van der Waals surface area contributed by atoms with Crippen molar-refractivity contribution in [3.8, 4) is 17.4 Å². The molecule has 0 saturated carbocycles. The minimum Gasteiger partial charge on any atom is -0.484 e. The lowest BCUT2D eigenvalue weighted by Gasteiger charge is -2.09. The minimum atomic E-state index is -0.142. The number of nitrogens with one attached hydrogen (secondary N) is 1. The molecule has 0 atom stereocenters. The molecule has 0 unspecified atom stereocenters. The van der Waals surface area contributed by atoms with Gasteiger partial charge in [-0.05, 0) is 49.2 Å². The fraction of sp³-hybridized carbons (Fsp3) is 0.182. The fourth-order valence-electron chi connectivity index (χ4n) is 2.55. The number of benzene rings is 2. The normalized spacial score (nSPS) is 10.3. The average Bonchev–Trinajstić information content (AvgIpc) is 2.68. The molecule has 5 heteroatoms. The predicted molar refractivity (Wildman–Crippen MR) is 104 cm³/mol. The van der Waals surface area contributed by atoms with Crippen LogP contribution in [0.15, 0.2) is 72.9 Å². The first-order chi connectivity index (χ1) is 13.2. The maximum atomic E-state index is 11.9. The highest BCUT2D eigenvalue weighted by molar-refractivity contribution is 5.77. The van der Waals surface area contributed by atoms with Crippen LogP contribution in [0.5, 0.6) is 17.4 Å². The molecule has 0 fully saturated rings. The quantitative estimate of drug-likeness (QED) is 0.660. The van der Waals surface area contributed by atoms with Gasteiger partial charge in [0.25, 0.3) is 5.91 Å². The molecule has 0 bridgehead atoms. The molecular formula is C22H22N2O3. The summed E-state index contributed by atoms with van der Waals surface area (Å²) in [6.07, 6.45) is 2.47. The summed E-state index contributed by atoms with van der Waals surface area (Å²) < 4.78 is 11.1. The van der Waals surface area contributed by atoms with Crippen molar-refractivity contribution in [3.05, 3.63) is 84.1 Å². The Morgan fingerprint density at radius 2 is 1.81 bits per heavy atom. The molecule has 0 saturated heterocycles. The van der Waals surface area contributed by atoms with E-state index < -0.39 is 0 Å². The van der Waals surface area contributed by atoms with Gasteiger partial charge >= 0.3 is 0 Å². The molecule has 5 nitrogen and oxygen atoms in total. The smallest absolute Gasteiger partial charge is 0.257 e. The SMILES string of the molecule is Cc1cccc(CCNC(=O)COc2ccc(Oc3ccccn3)cc2)c1. The topological polar surface area (TPSA) is 60.5 Å². The first kappa shape index (κ1) is 18.5. The Morgan fingerprint density at radius 1 is 1.00 bits per heavy atom. The van der Waals surface area contributed by atoms with Crippen LogP contribution >= 0.6 is 0 Å². The van der Waals surface area contributed by atoms with E-state index in [1.165, 1.54) is 11.1 Å². The number of nitrogens with zero attached hydrogens (tertiary/aromatic N) is 1. The zero-order chi connectivity index (χ0) is 18.9. The van der Waals surface area contributed by atoms with Gasteiger partial charge in [0.1, 0.15) is 11.5 Å². The van der Waals surface area contributed by atoms with Gasteiger partial charge in [-0.2, -0.15) is 0 Å². The Hall–Kier alpha value is -3.34. The van der Waals surface area contributed by atoms with Crippen molar-refractivity contribution < 1.29 is 14.3 Å². The van der Waals surface area contributed by atoms with Crippen molar-refractivity contribution in [2.75, 3.05) is 13.2 Å². The molecule has 0 radical (unpaired) electrons. The van der Waals surface area contributed by atoms with Gasteiger partial charge in [0.05, 0.1) is 0 Å². The van der Waals surface area contributed by atoms with E-state index in [-0.39, 0.29) is 12.5 Å². The van der Waals surface area contributed by atoms with E-state index in [1.807, 2.05) is 18.2 Å². The van der Waals surface area contributed by atoms with E-state index in [0.717, 1.165) is 6.42 Å². The second kappa shape index (κ2) is 9.38. The molecule has 1 aromatic heterocycles. The average molecular weight is 362 g/mol. The molecule has 0 aliphatic heterocycles. The van der Waals surface area contributed by atoms with Crippen molar-refractivity contribution in [3.63, 3.8) is 0 Å². The lowest BCUT2D eigenvalue weighted by molar-refractivity contribution is -0.123. The standard InChI is InChI=1S/C22H22N2O3/c1-17-5-4-6-18(15-17)12-14-23-21(25)16-26-19-8-10-20(11-9-19)27-22-7-2-3-13-24-22/h2-11,13,15H,12,14,16H2,1H3,(H,23,25). The maximum absolute atomic E-state index is 11.9. The molecule has 0 aliphatic carbocycles. The molecule has 3 aromatic rings. The third-order valence-corrected chi connectivity index (χ3v) is 3.87. The Labute approximate surface area is 159 Å². The van der Waals surface area contributed by atoms with Crippen LogP contribution in [-0.4, -0.2) is 24.0 Å². The summed E-state index contributed by atoms with van der Waals surface area (Å²) in [6.45, 7) is 2.62. The second-order valence-electron chi connectivity index (χ2n) is 6.12. The maximum Gasteiger partial charge on any atom is 0.257 e. The number of carbonyl (C=O) groups excluding carboxylic acids is 1. The number of aryl methyl sites for hydroxylation is 1.